The molecule has 16 heavy (non-hydrogen) atoms. The summed E-state index contributed by atoms with van der Waals surface area (Å²) < 4.78 is 1.81. The van der Waals surface area contributed by atoms with E-state index in [0.29, 0.717) is 13.1 Å². The van der Waals surface area contributed by atoms with Crippen LogP contribution in [0.3, 0.4) is 0 Å². The minimum Gasteiger partial charge on any atom is -0.351 e. The third-order valence-corrected chi connectivity index (χ3v) is 2.14. The average molecular weight is 224 g/mol. The Hall–Kier alpha value is -1.36. The van der Waals surface area contributed by atoms with Gasteiger partial charge in [0.25, 0.3) is 0 Å². The van der Waals surface area contributed by atoms with E-state index >= 15 is 0 Å². The molecule has 1 atom stereocenters. The number of nitrogens with one attached hydrogen (secondary N) is 2. The van der Waals surface area contributed by atoms with E-state index in [2.05, 4.69) is 22.7 Å². The molecular formula is C11H20N4O. The van der Waals surface area contributed by atoms with Gasteiger partial charge >= 0.3 is 0 Å². The zero-order valence-electron chi connectivity index (χ0n) is 9.94. The molecule has 1 unspecified atom stereocenters. The van der Waals surface area contributed by atoms with Gasteiger partial charge in [0.1, 0.15) is 0 Å². The lowest BCUT2D eigenvalue weighted by molar-refractivity contribution is -0.120. The number of aromatic nitrogens is 2. The molecule has 0 aliphatic heterocycles. The fourth-order valence-electron chi connectivity index (χ4n) is 1.44. The van der Waals surface area contributed by atoms with E-state index in [4.69, 9.17) is 0 Å². The Bertz CT molecular complexity index is 297. The molecule has 0 fully saturated rings. The molecule has 0 spiro atoms. The lowest BCUT2D eigenvalue weighted by Crippen LogP contribution is -2.41. The first-order valence-corrected chi connectivity index (χ1v) is 5.70. The van der Waals surface area contributed by atoms with Crippen LogP contribution in [0.1, 0.15) is 20.3 Å². The molecule has 1 aromatic rings. The van der Waals surface area contributed by atoms with Gasteiger partial charge in [-0.05, 0) is 26.0 Å². The lowest BCUT2D eigenvalue weighted by Gasteiger charge is -2.14. The Balaban J connectivity index is 2.18. The molecular weight excluding hydrogens is 204 g/mol. The van der Waals surface area contributed by atoms with Crippen molar-refractivity contribution in [2.75, 3.05) is 13.1 Å². The van der Waals surface area contributed by atoms with Crippen molar-refractivity contribution in [1.29, 1.82) is 0 Å². The van der Waals surface area contributed by atoms with Gasteiger partial charge in [0.2, 0.25) is 5.91 Å². The Labute approximate surface area is 96.2 Å². The number of rotatable bonds is 7. The molecule has 0 saturated heterocycles. The standard InChI is InChI=1S/C11H20N4O/c1-3-5-12-8-11(16)14-10(2)9-15-7-4-6-13-15/h4,6-7,10,12H,3,5,8-9H2,1-2H3,(H,14,16). The van der Waals surface area contributed by atoms with Crippen LogP contribution in [-0.2, 0) is 11.3 Å². The van der Waals surface area contributed by atoms with Crippen LogP contribution in [0, 0.1) is 0 Å². The van der Waals surface area contributed by atoms with Crippen molar-refractivity contribution >= 4 is 5.91 Å². The largest absolute Gasteiger partial charge is 0.351 e. The Kier molecular flexibility index (Phi) is 5.56. The highest BCUT2D eigenvalue weighted by molar-refractivity contribution is 5.78. The van der Waals surface area contributed by atoms with Crippen LogP contribution in [0.5, 0.6) is 0 Å². The first-order valence-electron chi connectivity index (χ1n) is 5.70. The van der Waals surface area contributed by atoms with Crippen molar-refractivity contribution in [3.8, 4) is 0 Å². The maximum absolute atomic E-state index is 11.5. The van der Waals surface area contributed by atoms with Crippen molar-refractivity contribution in [1.82, 2.24) is 20.4 Å². The molecule has 0 saturated carbocycles. The summed E-state index contributed by atoms with van der Waals surface area (Å²) in [6.45, 7) is 6.01. The van der Waals surface area contributed by atoms with Gasteiger partial charge in [-0.3, -0.25) is 9.48 Å². The SMILES string of the molecule is CCCNCC(=O)NC(C)Cn1cccn1. The van der Waals surface area contributed by atoms with Gasteiger partial charge < -0.3 is 10.6 Å². The van der Waals surface area contributed by atoms with Gasteiger partial charge in [-0.1, -0.05) is 6.92 Å². The predicted molar refractivity (Wildman–Crippen MR) is 63.0 cm³/mol. The fraction of sp³-hybridized carbons (Fsp3) is 0.636. The number of carbonyl (C=O) groups excluding carboxylic acids is 1. The molecule has 5 heteroatoms. The van der Waals surface area contributed by atoms with Crippen LogP contribution in [0.15, 0.2) is 18.5 Å². The van der Waals surface area contributed by atoms with Gasteiger partial charge in [-0.25, -0.2) is 0 Å². The molecule has 0 aliphatic carbocycles. The van der Waals surface area contributed by atoms with E-state index in [1.807, 2.05) is 23.9 Å². The normalized spacial score (nSPS) is 12.4. The van der Waals surface area contributed by atoms with E-state index in [9.17, 15) is 4.79 Å². The first kappa shape index (κ1) is 12.7. The van der Waals surface area contributed by atoms with Gasteiger partial charge in [-0.15, -0.1) is 0 Å². The van der Waals surface area contributed by atoms with E-state index in [-0.39, 0.29) is 11.9 Å². The van der Waals surface area contributed by atoms with E-state index in [1.54, 1.807) is 6.20 Å². The van der Waals surface area contributed by atoms with Crippen LogP contribution < -0.4 is 10.6 Å². The zero-order chi connectivity index (χ0) is 11.8. The van der Waals surface area contributed by atoms with E-state index < -0.39 is 0 Å². The van der Waals surface area contributed by atoms with Crippen LogP contribution in [-0.4, -0.2) is 34.8 Å². The van der Waals surface area contributed by atoms with Gasteiger partial charge in [-0.2, -0.15) is 5.10 Å². The molecule has 2 N–H and O–H groups in total. The van der Waals surface area contributed by atoms with Crippen LogP contribution in [0.2, 0.25) is 0 Å². The highest BCUT2D eigenvalue weighted by atomic mass is 16.1. The summed E-state index contributed by atoms with van der Waals surface area (Å²) in [5, 5.41) is 10.1. The van der Waals surface area contributed by atoms with Crippen molar-refractivity contribution < 1.29 is 4.79 Å². The minimum absolute atomic E-state index is 0.0353. The predicted octanol–water partition coefficient (Wildman–Crippen LogP) is 0.387. The maximum Gasteiger partial charge on any atom is 0.234 e. The van der Waals surface area contributed by atoms with Crippen molar-refractivity contribution in [2.45, 2.75) is 32.9 Å². The van der Waals surface area contributed by atoms with E-state index in [1.165, 1.54) is 0 Å². The third-order valence-electron chi connectivity index (χ3n) is 2.14. The molecule has 1 amide bonds. The number of hydrogen-bond acceptors (Lipinski definition) is 3. The van der Waals surface area contributed by atoms with Gasteiger partial charge in [0.05, 0.1) is 13.1 Å². The first-order chi connectivity index (χ1) is 7.72. The Morgan fingerprint density at radius 3 is 3.00 bits per heavy atom. The van der Waals surface area contributed by atoms with Gasteiger partial charge in [0.15, 0.2) is 0 Å². The number of amides is 1. The molecule has 0 aromatic carbocycles. The Morgan fingerprint density at radius 1 is 1.56 bits per heavy atom. The van der Waals surface area contributed by atoms with Crippen molar-refractivity contribution in [3.63, 3.8) is 0 Å². The number of hydrogen-bond donors (Lipinski definition) is 2. The van der Waals surface area contributed by atoms with Crippen molar-refractivity contribution in [2.24, 2.45) is 0 Å². The summed E-state index contributed by atoms with van der Waals surface area (Å²) in [5.74, 6) is 0.0353. The number of nitrogens with zero attached hydrogens (tertiary/aromatic N) is 2. The third kappa shape index (κ3) is 4.93. The topological polar surface area (TPSA) is 59.0 Å². The monoisotopic (exact) mass is 224 g/mol. The molecule has 0 bridgehead atoms. The molecule has 1 heterocycles. The second-order valence-corrected chi connectivity index (χ2v) is 3.87. The second-order valence-electron chi connectivity index (χ2n) is 3.87. The summed E-state index contributed by atoms with van der Waals surface area (Å²) in [7, 11) is 0. The van der Waals surface area contributed by atoms with Crippen LogP contribution in [0.25, 0.3) is 0 Å². The maximum atomic E-state index is 11.5. The Morgan fingerprint density at radius 2 is 2.38 bits per heavy atom. The van der Waals surface area contributed by atoms with E-state index in [0.717, 1.165) is 13.0 Å². The van der Waals surface area contributed by atoms with Gasteiger partial charge in [0, 0.05) is 18.4 Å². The molecule has 0 aliphatic rings. The highest BCUT2D eigenvalue weighted by Crippen LogP contribution is 1.90. The molecule has 5 nitrogen and oxygen atoms in total. The minimum atomic E-state index is 0.0353. The summed E-state index contributed by atoms with van der Waals surface area (Å²) in [5.41, 5.74) is 0. The second kappa shape index (κ2) is 7.00. The number of carbonyl (C=O) groups is 1. The summed E-state index contributed by atoms with van der Waals surface area (Å²) in [6, 6.07) is 1.97. The smallest absolute Gasteiger partial charge is 0.234 e. The molecule has 90 valence electrons. The molecule has 0 radical (unpaired) electrons. The highest BCUT2D eigenvalue weighted by Gasteiger charge is 2.07. The lowest BCUT2D eigenvalue weighted by atomic mass is 10.3. The average Bonchev–Trinajstić information content (AvgIpc) is 2.70. The zero-order valence-corrected chi connectivity index (χ0v) is 9.94. The van der Waals surface area contributed by atoms with Crippen molar-refractivity contribution in [3.05, 3.63) is 18.5 Å². The summed E-state index contributed by atoms with van der Waals surface area (Å²) in [6.07, 6.45) is 4.66. The van der Waals surface area contributed by atoms with Crippen LogP contribution in [0.4, 0.5) is 0 Å². The van der Waals surface area contributed by atoms with Crippen LogP contribution >= 0.6 is 0 Å². The quantitative estimate of drug-likeness (QED) is 0.659. The summed E-state index contributed by atoms with van der Waals surface area (Å²) >= 11 is 0. The molecule has 1 aromatic heterocycles. The molecule has 1 rings (SSSR count). The fourth-order valence-corrected chi connectivity index (χ4v) is 1.44. The summed E-state index contributed by atoms with van der Waals surface area (Å²) in [4.78, 5) is 11.5.